The minimum absolute atomic E-state index is 0.213. The molecule has 0 aliphatic rings. The quantitative estimate of drug-likeness (QED) is 0.152. The predicted octanol–water partition coefficient (Wildman–Crippen LogP) is 6.67. The molecule has 0 aromatic heterocycles. The highest BCUT2D eigenvalue weighted by atomic mass is 31.1. The third kappa shape index (κ3) is 11.2. The number of nitrogens with one attached hydrogen (secondary N) is 1. The van der Waals surface area contributed by atoms with Gasteiger partial charge in [0.1, 0.15) is 11.3 Å². The minimum Gasteiger partial charge on any atom is -0.494 e. The van der Waals surface area contributed by atoms with Crippen molar-refractivity contribution in [3.63, 3.8) is 0 Å². The van der Waals surface area contributed by atoms with Crippen LogP contribution in [0.5, 0.6) is 5.75 Å². The molecular weight excluding hydrogens is 476 g/mol. The van der Waals surface area contributed by atoms with Crippen LogP contribution in [0, 0.1) is 0 Å². The van der Waals surface area contributed by atoms with Gasteiger partial charge in [-0.3, -0.25) is 4.39 Å². The fourth-order valence-electron chi connectivity index (χ4n) is 3.48. The highest BCUT2D eigenvalue weighted by molar-refractivity contribution is 7.17. The summed E-state index contributed by atoms with van der Waals surface area (Å²) in [5, 5.41) is 12.2. The molecule has 0 aliphatic carbocycles. The third-order valence-corrected chi connectivity index (χ3v) is 5.30. The number of aryl methyl sites for hydroxylation is 1. The van der Waals surface area contributed by atoms with Crippen LogP contribution in [0.1, 0.15) is 79.7 Å². The van der Waals surface area contributed by atoms with Crippen molar-refractivity contribution in [3.05, 3.63) is 29.8 Å². The third-order valence-electron chi connectivity index (χ3n) is 4.98. The van der Waals surface area contributed by atoms with Gasteiger partial charge in [-0.2, -0.15) is 0 Å². The molecule has 1 aromatic carbocycles. The van der Waals surface area contributed by atoms with E-state index in [1.54, 1.807) is 48.5 Å². The molecule has 0 saturated carbocycles. The first-order valence-corrected chi connectivity index (χ1v) is 12.6. The van der Waals surface area contributed by atoms with Crippen LogP contribution in [-0.4, -0.2) is 47.2 Å². The van der Waals surface area contributed by atoms with Crippen LogP contribution in [0.25, 0.3) is 0 Å². The first kappa shape index (κ1) is 31.2. The van der Waals surface area contributed by atoms with E-state index in [0.29, 0.717) is 25.2 Å². The van der Waals surface area contributed by atoms with Crippen molar-refractivity contribution in [2.24, 2.45) is 0 Å². The number of amides is 1. The van der Waals surface area contributed by atoms with E-state index < -0.39 is 37.5 Å². The summed E-state index contributed by atoms with van der Waals surface area (Å²) in [6.07, 6.45) is 1.46. The maximum Gasteiger partial charge on any atom is 0.405 e. The van der Waals surface area contributed by atoms with Crippen LogP contribution in [-0.2, 0) is 25.0 Å². The van der Waals surface area contributed by atoms with Crippen LogP contribution < -0.4 is 10.1 Å². The molecule has 0 spiro atoms. The van der Waals surface area contributed by atoms with E-state index in [1.165, 1.54) is 0 Å². The Morgan fingerprint density at radius 2 is 1.54 bits per heavy atom. The van der Waals surface area contributed by atoms with Gasteiger partial charge in [0.2, 0.25) is 0 Å². The summed E-state index contributed by atoms with van der Waals surface area (Å²) >= 11 is 0. The predicted molar refractivity (Wildman–Crippen MR) is 133 cm³/mol. The largest absolute Gasteiger partial charge is 0.494 e. The standard InChI is InChI=1S/C25H41FNO7P/c1-22(2,3)32-25(34-35-30,33-23(4,5)6)24(7,27-21(28)29)16-15-19-11-13-20(14-12-19)31-18-10-8-9-17-26/h11-14,27H,8-10,15-18H2,1-7H3,(H,28,29)/t24-/m1/s1. The number of rotatable bonds is 15. The van der Waals surface area contributed by atoms with Crippen LogP contribution in [0.4, 0.5) is 9.18 Å². The molecule has 0 saturated heterocycles. The number of hydrogen-bond acceptors (Lipinski definition) is 6. The van der Waals surface area contributed by atoms with E-state index >= 15 is 0 Å². The van der Waals surface area contributed by atoms with Crippen molar-refractivity contribution < 1.29 is 37.6 Å². The zero-order chi connectivity index (χ0) is 26.8. The summed E-state index contributed by atoms with van der Waals surface area (Å²) in [7, 11) is -0.721. The molecule has 1 aromatic rings. The zero-order valence-corrected chi connectivity index (χ0v) is 22.9. The number of ether oxygens (including phenoxy) is 3. The lowest BCUT2D eigenvalue weighted by atomic mass is 9.89. The van der Waals surface area contributed by atoms with Crippen molar-refractivity contribution in [3.8, 4) is 5.75 Å². The highest BCUT2D eigenvalue weighted by Gasteiger charge is 2.58. The number of carbonyl (C=O) groups is 1. The van der Waals surface area contributed by atoms with Crippen molar-refractivity contribution in [1.82, 2.24) is 5.32 Å². The normalized spacial score (nSPS) is 14.5. The SMILES string of the molecule is CC(C)(C)OC(OP=O)(OC(C)(C)C)[C@@](C)(CCc1ccc(OCCCCCF)cc1)NC(=O)O. The van der Waals surface area contributed by atoms with Gasteiger partial charge in [0.15, 0.2) is 0 Å². The van der Waals surface area contributed by atoms with Crippen LogP contribution in [0.3, 0.4) is 0 Å². The van der Waals surface area contributed by atoms with Gasteiger partial charge < -0.3 is 24.6 Å². The van der Waals surface area contributed by atoms with E-state index in [0.717, 1.165) is 18.4 Å². The Morgan fingerprint density at radius 3 is 2.00 bits per heavy atom. The molecule has 10 heteroatoms. The van der Waals surface area contributed by atoms with E-state index in [4.69, 9.17) is 18.7 Å². The van der Waals surface area contributed by atoms with E-state index in [2.05, 4.69) is 5.32 Å². The molecule has 0 fully saturated rings. The number of halogens is 1. The molecule has 0 radical (unpaired) electrons. The van der Waals surface area contributed by atoms with Crippen LogP contribution >= 0.6 is 8.69 Å². The summed E-state index contributed by atoms with van der Waals surface area (Å²) in [5.74, 6) is -1.29. The van der Waals surface area contributed by atoms with Crippen LogP contribution in [0.15, 0.2) is 24.3 Å². The topological polar surface area (TPSA) is 103 Å². The Kier molecular flexibility index (Phi) is 12.0. The molecular formula is C25H41FNO7P. The van der Waals surface area contributed by atoms with Gasteiger partial charge in [0.05, 0.1) is 24.5 Å². The number of benzene rings is 1. The maximum absolute atomic E-state index is 12.2. The monoisotopic (exact) mass is 517 g/mol. The van der Waals surface area contributed by atoms with Gasteiger partial charge in [-0.05, 0) is 98.3 Å². The Labute approximate surface area is 210 Å². The fraction of sp³-hybridized carbons (Fsp3) is 0.720. The van der Waals surface area contributed by atoms with Crippen molar-refractivity contribution in [2.75, 3.05) is 13.3 Å². The minimum atomic E-state index is -1.99. The van der Waals surface area contributed by atoms with E-state index in [9.17, 15) is 18.9 Å². The molecule has 200 valence electrons. The lowest BCUT2D eigenvalue weighted by Gasteiger charge is -2.50. The Balaban J connectivity index is 3.15. The molecule has 8 nitrogen and oxygen atoms in total. The summed E-state index contributed by atoms with van der Waals surface area (Å²) in [5.41, 5.74) is -2.16. The van der Waals surface area contributed by atoms with E-state index in [1.807, 2.05) is 24.3 Å². The van der Waals surface area contributed by atoms with Crippen molar-refractivity contribution in [1.29, 1.82) is 0 Å². The smallest absolute Gasteiger partial charge is 0.405 e. The van der Waals surface area contributed by atoms with Gasteiger partial charge in [-0.1, -0.05) is 12.1 Å². The van der Waals surface area contributed by atoms with Crippen molar-refractivity contribution >= 4 is 14.8 Å². The van der Waals surface area contributed by atoms with Gasteiger partial charge >= 0.3 is 20.8 Å². The van der Waals surface area contributed by atoms with E-state index in [-0.39, 0.29) is 13.1 Å². The molecule has 35 heavy (non-hydrogen) atoms. The first-order chi connectivity index (χ1) is 16.2. The molecule has 0 aliphatic heterocycles. The van der Waals surface area contributed by atoms with Gasteiger partial charge in [0, 0.05) is 0 Å². The van der Waals surface area contributed by atoms with Crippen molar-refractivity contribution in [2.45, 2.75) is 103 Å². The van der Waals surface area contributed by atoms with Gasteiger partial charge in [-0.15, -0.1) is 0 Å². The number of unbranched alkanes of at least 4 members (excludes halogenated alkanes) is 2. The fourth-order valence-corrected chi connectivity index (χ4v) is 3.85. The summed E-state index contributed by atoms with van der Waals surface area (Å²) < 4.78 is 47.4. The summed E-state index contributed by atoms with van der Waals surface area (Å²) in [6, 6.07) is 7.46. The maximum atomic E-state index is 12.2. The zero-order valence-electron chi connectivity index (χ0n) is 22.0. The summed E-state index contributed by atoms with van der Waals surface area (Å²) in [4.78, 5) is 11.8. The molecule has 0 unspecified atom stereocenters. The van der Waals surface area contributed by atoms with Gasteiger partial charge in [0.25, 0.3) is 0 Å². The number of carboxylic acid groups (broad SMARTS) is 1. The lowest BCUT2D eigenvalue weighted by molar-refractivity contribution is -0.423. The second-order valence-corrected chi connectivity index (χ2v) is 11.0. The van der Waals surface area contributed by atoms with Gasteiger partial charge in [-0.25, -0.2) is 13.9 Å². The number of alkyl halides is 1. The molecule has 0 bridgehead atoms. The second kappa shape index (κ2) is 13.5. The Hall–Kier alpha value is -1.80. The Morgan fingerprint density at radius 1 is 0.971 bits per heavy atom. The lowest BCUT2D eigenvalue weighted by Crippen LogP contribution is -2.68. The Bertz CT molecular complexity index is 776. The average Bonchev–Trinajstić information content (AvgIpc) is 2.70. The number of hydrogen-bond donors (Lipinski definition) is 2. The molecule has 1 amide bonds. The van der Waals surface area contributed by atoms with Crippen LogP contribution in [0.2, 0.25) is 0 Å². The molecule has 0 heterocycles. The average molecular weight is 518 g/mol. The molecule has 1 rings (SSSR count). The first-order valence-electron chi connectivity index (χ1n) is 11.9. The molecule has 1 atom stereocenters. The second-order valence-electron chi connectivity index (χ2n) is 10.7. The molecule has 2 N–H and O–H groups in total. The highest BCUT2D eigenvalue weighted by Crippen LogP contribution is 2.42. The summed E-state index contributed by atoms with van der Waals surface area (Å²) in [6.45, 7) is 12.5.